The predicted octanol–water partition coefficient (Wildman–Crippen LogP) is 2.59. The number of carbonyl (C=O) groups excluding carboxylic acids is 2. The first-order valence-corrected chi connectivity index (χ1v) is 6.76. The molecule has 1 heterocycles. The van der Waals surface area contributed by atoms with E-state index in [0.717, 1.165) is 11.3 Å². The number of anilines is 1. The fraction of sp³-hybridized carbons (Fsp3) is 0.118. The van der Waals surface area contributed by atoms with Crippen LogP contribution in [0.3, 0.4) is 0 Å². The summed E-state index contributed by atoms with van der Waals surface area (Å²) >= 11 is 0. The minimum Gasteiger partial charge on any atom is -0.273 e. The van der Waals surface area contributed by atoms with Crippen LogP contribution in [0.2, 0.25) is 0 Å². The highest BCUT2D eigenvalue weighted by atomic mass is 16.2. The van der Waals surface area contributed by atoms with E-state index in [1.165, 1.54) is 4.90 Å². The summed E-state index contributed by atoms with van der Waals surface area (Å²) in [4.78, 5) is 29.5. The summed E-state index contributed by atoms with van der Waals surface area (Å²) in [5.41, 5.74) is 1.75. The highest BCUT2D eigenvalue weighted by Crippen LogP contribution is 2.20. The van der Waals surface area contributed by atoms with Crippen LogP contribution >= 0.6 is 0 Å². The third kappa shape index (κ3) is 2.89. The summed E-state index contributed by atoms with van der Waals surface area (Å²) in [6.07, 6.45) is 0.278. The molecule has 4 heteroatoms. The lowest BCUT2D eigenvalue weighted by atomic mass is 10.1. The molecule has 21 heavy (non-hydrogen) atoms. The maximum atomic E-state index is 12.2. The summed E-state index contributed by atoms with van der Waals surface area (Å²) in [5.74, 6) is -0.126. The van der Waals surface area contributed by atoms with Gasteiger partial charge >= 0.3 is 0 Å². The Hall–Kier alpha value is -2.75. The largest absolute Gasteiger partial charge is 0.273 e. The fourth-order valence-corrected chi connectivity index (χ4v) is 2.35. The van der Waals surface area contributed by atoms with Crippen LogP contribution in [-0.2, 0) is 16.0 Å². The Kier molecular flexibility index (Phi) is 3.60. The first-order valence-electron chi connectivity index (χ1n) is 6.76. The molecule has 0 aliphatic carbocycles. The number of hydrogen-bond donors (Lipinski definition) is 0. The van der Waals surface area contributed by atoms with Gasteiger partial charge in [0.1, 0.15) is 12.3 Å². The Morgan fingerprint density at radius 1 is 0.905 bits per heavy atom. The molecular formula is C17H14N2O2. The lowest BCUT2D eigenvalue weighted by molar-refractivity contribution is -0.126. The lowest BCUT2D eigenvalue weighted by Gasteiger charge is -2.27. The maximum absolute atomic E-state index is 12.2. The van der Waals surface area contributed by atoms with Gasteiger partial charge in [-0.05, 0) is 17.7 Å². The van der Waals surface area contributed by atoms with Crippen molar-refractivity contribution < 1.29 is 9.59 Å². The second-order valence-electron chi connectivity index (χ2n) is 4.83. The smallest absolute Gasteiger partial charge is 0.256 e. The zero-order chi connectivity index (χ0) is 14.7. The molecule has 0 atom stereocenters. The van der Waals surface area contributed by atoms with Crippen LogP contribution in [-0.4, -0.2) is 17.6 Å². The Bertz CT molecular complexity index is 693. The molecule has 0 spiro atoms. The van der Waals surface area contributed by atoms with Crippen molar-refractivity contribution in [3.63, 3.8) is 0 Å². The number of hydrogen-bond acceptors (Lipinski definition) is 2. The van der Waals surface area contributed by atoms with Crippen LogP contribution < -0.4 is 4.90 Å². The van der Waals surface area contributed by atoms with Gasteiger partial charge in [-0.1, -0.05) is 48.5 Å². The molecule has 0 bridgehead atoms. The van der Waals surface area contributed by atoms with E-state index in [1.807, 2.05) is 60.7 Å². The molecule has 104 valence electrons. The van der Waals surface area contributed by atoms with Crippen molar-refractivity contribution in [1.82, 2.24) is 0 Å². The Morgan fingerprint density at radius 2 is 1.52 bits per heavy atom. The molecule has 0 radical (unpaired) electrons. The average Bonchev–Trinajstić information content (AvgIpc) is 2.48. The molecule has 2 aromatic rings. The molecule has 2 aromatic carbocycles. The van der Waals surface area contributed by atoms with Crippen molar-refractivity contribution in [1.29, 1.82) is 0 Å². The second-order valence-corrected chi connectivity index (χ2v) is 4.83. The van der Waals surface area contributed by atoms with Crippen LogP contribution in [0.15, 0.2) is 65.7 Å². The van der Waals surface area contributed by atoms with Crippen LogP contribution in [0, 0.1) is 0 Å². The normalized spacial score (nSPS) is 15.0. The Morgan fingerprint density at radius 3 is 2.19 bits per heavy atom. The SMILES string of the molecule is O=C1CC(=O)N(c2ccccc2)C(Cc2ccccc2)=N1. The number of carbonyl (C=O) groups is 2. The molecule has 0 saturated carbocycles. The molecule has 0 aromatic heterocycles. The molecular weight excluding hydrogens is 264 g/mol. The van der Waals surface area contributed by atoms with Crippen molar-refractivity contribution >= 4 is 23.3 Å². The monoisotopic (exact) mass is 278 g/mol. The van der Waals surface area contributed by atoms with E-state index in [0.29, 0.717) is 12.3 Å². The number of amides is 2. The highest BCUT2D eigenvalue weighted by Gasteiger charge is 2.28. The summed E-state index contributed by atoms with van der Waals surface area (Å²) < 4.78 is 0. The van der Waals surface area contributed by atoms with Crippen molar-refractivity contribution in [3.8, 4) is 0 Å². The molecule has 0 saturated heterocycles. The number of aliphatic imine (C=N–C) groups is 1. The molecule has 1 aliphatic rings. The lowest BCUT2D eigenvalue weighted by Crippen LogP contribution is -2.43. The van der Waals surface area contributed by atoms with E-state index in [4.69, 9.17) is 0 Å². The Balaban J connectivity index is 1.97. The first kappa shape index (κ1) is 13.2. The van der Waals surface area contributed by atoms with Crippen molar-refractivity contribution in [2.75, 3.05) is 4.90 Å². The summed E-state index contributed by atoms with van der Waals surface area (Å²) in [5, 5.41) is 0. The maximum Gasteiger partial charge on any atom is 0.256 e. The highest BCUT2D eigenvalue weighted by molar-refractivity contribution is 6.26. The van der Waals surface area contributed by atoms with Crippen LogP contribution in [0.5, 0.6) is 0 Å². The van der Waals surface area contributed by atoms with E-state index in [-0.39, 0.29) is 18.2 Å². The van der Waals surface area contributed by atoms with Crippen molar-refractivity contribution in [2.45, 2.75) is 12.8 Å². The standard InChI is InChI=1S/C17H14N2O2/c20-16-12-17(21)19(14-9-5-2-6-10-14)15(18-16)11-13-7-3-1-4-8-13/h1-10H,11-12H2. The van der Waals surface area contributed by atoms with E-state index in [2.05, 4.69) is 4.99 Å². The van der Waals surface area contributed by atoms with Crippen molar-refractivity contribution in [2.24, 2.45) is 4.99 Å². The average molecular weight is 278 g/mol. The van der Waals surface area contributed by atoms with Gasteiger partial charge in [-0.3, -0.25) is 14.5 Å². The van der Waals surface area contributed by atoms with E-state index in [9.17, 15) is 9.59 Å². The molecule has 0 unspecified atom stereocenters. The van der Waals surface area contributed by atoms with Gasteiger partial charge in [-0.15, -0.1) is 0 Å². The van der Waals surface area contributed by atoms with E-state index >= 15 is 0 Å². The van der Waals surface area contributed by atoms with Crippen molar-refractivity contribution in [3.05, 3.63) is 66.2 Å². The minimum atomic E-state index is -0.377. The molecule has 3 rings (SSSR count). The van der Waals surface area contributed by atoms with Gasteiger partial charge in [-0.25, -0.2) is 0 Å². The summed E-state index contributed by atoms with van der Waals surface area (Å²) in [6, 6.07) is 19.0. The van der Waals surface area contributed by atoms with Gasteiger partial charge in [0, 0.05) is 6.42 Å². The minimum absolute atomic E-state index is 0.173. The quantitative estimate of drug-likeness (QED) is 0.810. The number of para-hydroxylation sites is 1. The number of rotatable bonds is 3. The van der Waals surface area contributed by atoms with Crippen LogP contribution in [0.4, 0.5) is 5.69 Å². The third-order valence-electron chi connectivity index (χ3n) is 3.28. The van der Waals surface area contributed by atoms with Crippen LogP contribution in [0.25, 0.3) is 0 Å². The number of benzene rings is 2. The summed E-state index contributed by atoms with van der Waals surface area (Å²) in [6.45, 7) is 0. The third-order valence-corrected chi connectivity index (χ3v) is 3.28. The van der Waals surface area contributed by atoms with E-state index in [1.54, 1.807) is 0 Å². The number of amidine groups is 1. The van der Waals surface area contributed by atoms with Crippen LogP contribution in [0.1, 0.15) is 12.0 Å². The predicted molar refractivity (Wildman–Crippen MR) is 81.1 cm³/mol. The fourth-order valence-electron chi connectivity index (χ4n) is 2.35. The molecule has 4 nitrogen and oxygen atoms in total. The molecule has 2 amide bonds. The molecule has 0 fully saturated rings. The second kappa shape index (κ2) is 5.71. The van der Waals surface area contributed by atoms with Gasteiger partial charge in [0.15, 0.2) is 0 Å². The van der Waals surface area contributed by atoms with Gasteiger partial charge in [0.05, 0.1) is 5.69 Å². The summed E-state index contributed by atoms with van der Waals surface area (Å²) in [7, 11) is 0. The molecule has 0 N–H and O–H groups in total. The first-order chi connectivity index (χ1) is 10.2. The Labute approximate surface area is 122 Å². The van der Waals surface area contributed by atoms with Gasteiger partial charge in [-0.2, -0.15) is 4.99 Å². The zero-order valence-corrected chi connectivity index (χ0v) is 11.4. The van der Waals surface area contributed by atoms with E-state index < -0.39 is 0 Å². The zero-order valence-electron chi connectivity index (χ0n) is 11.4. The topological polar surface area (TPSA) is 49.7 Å². The van der Waals surface area contributed by atoms with Gasteiger partial charge in [0.25, 0.3) is 5.91 Å². The number of nitrogens with zero attached hydrogens (tertiary/aromatic N) is 2. The molecule has 1 aliphatic heterocycles. The van der Waals surface area contributed by atoms with Gasteiger partial charge in [0.2, 0.25) is 5.91 Å². The van der Waals surface area contributed by atoms with Gasteiger partial charge < -0.3 is 0 Å².